The number of nitrogens with zero attached hydrogens (tertiary/aromatic N) is 1. The highest BCUT2D eigenvalue weighted by Crippen LogP contribution is 2.25. The van der Waals surface area contributed by atoms with Gasteiger partial charge in [0.25, 0.3) is 5.91 Å². The van der Waals surface area contributed by atoms with Gasteiger partial charge in [-0.1, -0.05) is 0 Å². The van der Waals surface area contributed by atoms with Gasteiger partial charge in [-0.25, -0.2) is 0 Å². The molecule has 0 spiro atoms. The molecular weight excluding hydrogens is 328 g/mol. The molecule has 6 nitrogen and oxygen atoms in total. The van der Waals surface area contributed by atoms with E-state index < -0.39 is 17.9 Å². The third kappa shape index (κ3) is 2.78. The summed E-state index contributed by atoms with van der Waals surface area (Å²) in [5.41, 5.74) is 6.56. The summed E-state index contributed by atoms with van der Waals surface area (Å²) in [5, 5.41) is 9.14. The van der Waals surface area contributed by atoms with Crippen molar-refractivity contribution in [2.45, 2.75) is 6.04 Å². The number of carboxylic acid groups (broad SMARTS) is 1. The molecule has 1 fully saturated rings. The lowest BCUT2D eigenvalue weighted by molar-refractivity contribution is -0.142. The molecule has 1 aliphatic heterocycles. The number of nitrogen functional groups attached to an aromatic ring is 1. The maximum atomic E-state index is 12.5. The molecule has 108 valence electrons. The van der Waals surface area contributed by atoms with E-state index in [0.717, 1.165) is 0 Å². The molecule has 1 aliphatic rings. The second-order valence-corrected chi connectivity index (χ2v) is 5.56. The molecule has 2 unspecified atom stereocenters. The fourth-order valence-electron chi connectivity index (χ4n) is 2.21. The van der Waals surface area contributed by atoms with Crippen LogP contribution in [0.3, 0.4) is 0 Å². The normalized spacial score (nSPS) is 21.7. The number of hydrogen-bond donors (Lipinski definition) is 2. The first-order valence-corrected chi connectivity index (χ1v) is 6.84. The van der Waals surface area contributed by atoms with Crippen LogP contribution < -0.4 is 5.73 Å². The van der Waals surface area contributed by atoms with E-state index in [9.17, 15) is 9.59 Å². The van der Waals surface area contributed by atoms with Crippen LogP contribution in [0.15, 0.2) is 22.7 Å². The van der Waals surface area contributed by atoms with Crippen molar-refractivity contribution in [3.8, 4) is 0 Å². The number of carbonyl (C=O) groups is 2. The Labute approximate surface area is 124 Å². The predicted molar refractivity (Wildman–Crippen MR) is 76.4 cm³/mol. The van der Waals surface area contributed by atoms with Crippen LogP contribution in [0.25, 0.3) is 0 Å². The van der Waals surface area contributed by atoms with Gasteiger partial charge in [0, 0.05) is 17.2 Å². The summed E-state index contributed by atoms with van der Waals surface area (Å²) >= 11 is 3.30. The van der Waals surface area contributed by atoms with Crippen molar-refractivity contribution < 1.29 is 19.4 Å². The molecule has 7 heteroatoms. The average molecular weight is 343 g/mol. The molecule has 0 radical (unpaired) electrons. The number of amides is 1. The largest absolute Gasteiger partial charge is 0.481 e. The molecule has 2 rings (SSSR count). The van der Waals surface area contributed by atoms with Crippen LogP contribution in [0.2, 0.25) is 0 Å². The highest BCUT2D eigenvalue weighted by Gasteiger charge is 2.38. The summed E-state index contributed by atoms with van der Waals surface area (Å²) in [6.07, 6.45) is 0. The molecule has 1 heterocycles. The predicted octanol–water partition coefficient (Wildman–Crippen LogP) is 1.20. The molecule has 1 aromatic rings. The van der Waals surface area contributed by atoms with E-state index in [2.05, 4.69) is 15.9 Å². The molecule has 3 N–H and O–H groups in total. The van der Waals surface area contributed by atoms with Crippen LogP contribution in [0.5, 0.6) is 0 Å². The minimum Gasteiger partial charge on any atom is -0.481 e. The summed E-state index contributed by atoms with van der Waals surface area (Å²) in [7, 11) is 1.58. The SMILES string of the molecule is CN(C(=O)c1cc(N)ccc1Br)C1COCC1C(=O)O. The van der Waals surface area contributed by atoms with Gasteiger partial charge in [0.05, 0.1) is 24.8 Å². The van der Waals surface area contributed by atoms with Crippen molar-refractivity contribution in [2.75, 3.05) is 26.0 Å². The fourth-order valence-corrected chi connectivity index (χ4v) is 2.62. The van der Waals surface area contributed by atoms with E-state index in [1.807, 2.05) is 0 Å². The lowest BCUT2D eigenvalue weighted by Crippen LogP contribution is -2.44. The van der Waals surface area contributed by atoms with E-state index >= 15 is 0 Å². The molecule has 2 atom stereocenters. The Kier molecular flexibility index (Phi) is 4.29. The quantitative estimate of drug-likeness (QED) is 0.805. The number of nitrogens with two attached hydrogens (primary N) is 1. The van der Waals surface area contributed by atoms with Crippen molar-refractivity contribution >= 4 is 33.5 Å². The topological polar surface area (TPSA) is 92.9 Å². The van der Waals surface area contributed by atoms with Crippen molar-refractivity contribution in [2.24, 2.45) is 5.92 Å². The van der Waals surface area contributed by atoms with Gasteiger partial charge in [-0.05, 0) is 34.1 Å². The third-order valence-electron chi connectivity index (χ3n) is 3.41. The van der Waals surface area contributed by atoms with E-state index in [0.29, 0.717) is 15.7 Å². The zero-order chi connectivity index (χ0) is 14.9. The lowest BCUT2D eigenvalue weighted by Gasteiger charge is -2.26. The number of ether oxygens (including phenoxy) is 1. The number of benzene rings is 1. The Balaban J connectivity index is 2.24. The van der Waals surface area contributed by atoms with Gasteiger partial charge in [0.1, 0.15) is 5.92 Å². The maximum absolute atomic E-state index is 12.5. The Morgan fingerprint density at radius 3 is 2.80 bits per heavy atom. The minimum atomic E-state index is -0.959. The van der Waals surface area contributed by atoms with Gasteiger partial charge in [-0.15, -0.1) is 0 Å². The van der Waals surface area contributed by atoms with Crippen LogP contribution in [0, 0.1) is 5.92 Å². The zero-order valence-electron chi connectivity index (χ0n) is 10.9. The van der Waals surface area contributed by atoms with E-state index in [-0.39, 0.29) is 19.1 Å². The number of rotatable bonds is 3. The van der Waals surface area contributed by atoms with Crippen LogP contribution >= 0.6 is 15.9 Å². The standard InChI is InChI=1S/C13H15BrN2O4/c1-16(11-6-20-5-9(11)13(18)19)12(17)8-4-7(15)2-3-10(8)14/h2-4,9,11H,5-6,15H2,1H3,(H,18,19). The van der Waals surface area contributed by atoms with Gasteiger partial charge in [0.2, 0.25) is 0 Å². The van der Waals surface area contributed by atoms with E-state index in [4.69, 9.17) is 15.6 Å². The molecule has 0 saturated carbocycles. The Hall–Kier alpha value is -1.60. The summed E-state index contributed by atoms with van der Waals surface area (Å²) in [4.78, 5) is 25.0. The minimum absolute atomic E-state index is 0.121. The summed E-state index contributed by atoms with van der Waals surface area (Å²) < 4.78 is 5.80. The van der Waals surface area contributed by atoms with E-state index in [1.54, 1.807) is 25.2 Å². The Morgan fingerprint density at radius 1 is 1.45 bits per heavy atom. The third-order valence-corrected chi connectivity index (χ3v) is 4.10. The zero-order valence-corrected chi connectivity index (χ0v) is 12.5. The number of hydrogen-bond acceptors (Lipinski definition) is 4. The highest BCUT2D eigenvalue weighted by molar-refractivity contribution is 9.10. The summed E-state index contributed by atoms with van der Waals surface area (Å²) in [6, 6.07) is 4.46. The molecule has 0 bridgehead atoms. The molecule has 20 heavy (non-hydrogen) atoms. The number of anilines is 1. The maximum Gasteiger partial charge on any atom is 0.311 e. The van der Waals surface area contributed by atoms with Crippen LogP contribution in [0.4, 0.5) is 5.69 Å². The van der Waals surface area contributed by atoms with Crippen molar-refractivity contribution in [1.29, 1.82) is 0 Å². The van der Waals surface area contributed by atoms with Gasteiger partial charge >= 0.3 is 5.97 Å². The molecule has 0 aliphatic carbocycles. The number of likely N-dealkylation sites (N-methyl/N-ethyl adjacent to an activating group) is 1. The average Bonchev–Trinajstić information content (AvgIpc) is 2.89. The number of carboxylic acids is 1. The van der Waals surface area contributed by atoms with Gasteiger partial charge < -0.3 is 20.5 Å². The number of aliphatic carboxylic acids is 1. The second-order valence-electron chi connectivity index (χ2n) is 4.70. The van der Waals surface area contributed by atoms with Gasteiger partial charge in [-0.3, -0.25) is 9.59 Å². The van der Waals surface area contributed by atoms with Crippen molar-refractivity contribution in [1.82, 2.24) is 4.90 Å². The smallest absolute Gasteiger partial charge is 0.311 e. The lowest BCUT2D eigenvalue weighted by atomic mass is 10.0. The summed E-state index contributed by atoms with van der Waals surface area (Å²) in [6.45, 7) is 0.342. The number of halogens is 1. The van der Waals surface area contributed by atoms with Gasteiger partial charge in [0.15, 0.2) is 0 Å². The van der Waals surface area contributed by atoms with Gasteiger partial charge in [-0.2, -0.15) is 0 Å². The first-order chi connectivity index (χ1) is 9.41. The molecular formula is C13H15BrN2O4. The summed E-state index contributed by atoms with van der Waals surface area (Å²) in [5.74, 6) is -1.95. The highest BCUT2D eigenvalue weighted by atomic mass is 79.9. The van der Waals surface area contributed by atoms with Crippen LogP contribution in [-0.4, -0.2) is 48.2 Å². The first kappa shape index (κ1) is 14.8. The first-order valence-electron chi connectivity index (χ1n) is 6.04. The van der Waals surface area contributed by atoms with Crippen molar-refractivity contribution in [3.63, 3.8) is 0 Å². The second kappa shape index (κ2) is 5.80. The molecule has 1 aromatic carbocycles. The van der Waals surface area contributed by atoms with Crippen LogP contribution in [0.1, 0.15) is 10.4 Å². The van der Waals surface area contributed by atoms with Crippen molar-refractivity contribution in [3.05, 3.63) is 28.2 Å². The Morgan fingerprint density at radius 2 is 2.15 bits per heavy atom. The monoisotopic (exact) mass is 342 g/mol. The molecule has 1 saturated heterocycles. The Bertz CT molecular complexity index is 549. The fraction of sp³-hybridized carbons (Fsp3) is 0.385. The molecule has 0 aromatic heterocycles. The number of carbonyl (C=O) groups excluding carboxylic acids is 1. The van der Waals surface area contributed by atoms with E-state index in [1.165, 1.54) is 4.90 Å². The molecule has 1 amide bonds. The van der Waals surface area contributed by atoms with Crippen LogP contribution in [-0.2, 0) is 9.53 Å².